The number of amides is 1. The monoisotopic (exact) mass is 372 g/mol. The van der Waals surface area contributed by atoms with E-state index in [0.717, 1.165) is 31.4 Å². The molecule has 1 amide bonds. The molecule has 1 aromatic carbocycles. The van der Waals surface area contributed by atoms with Gasteiger partial charge in [0.15, 0.2) is 0 Å². The van der Waals surface area contributed by atoms with Crippen LogP contribution in [0.5, 0.6) is 5.75 Å². The number of thioether (sulfide) groups is 1. The zero-order valence-corrected chi connectivity index (χ0v) is 15.6. The number of ether oxygens (including phenoxy) is 1. The average molecular weight is 373 g/mol. The smallest absolute Gasteiger partial charge is 0.240 e. The molecule has 1 aliphatic rings. The molecule has 0 unspecified atom stereocenters. The van der Waals surface area contributed by atoms with Crippen LogP contribution in [0.15, 0.2) is 23.1 Å². The molecular formula is C16H24N2O4S2. The van der Waals surface area contributed by atoms with Gasteiger partial charge >= 0.3 is 0 Å². The van der Waals surface area contributed by atoms with Gasteiger partial charge in [-0.05, 0) is 43.2 Å². The fraction of sp³-hybridized carbons (Fsp3) is 0.562. The zero-order valence-electron chi connectivity index (χ0n) is 14.0. The number of hydrogen-bond acceptors (Lipinski definition) is 5. The van der Waals surface area contributed by atoms with Crippen molar-refractivity contribution < 1.29 is 17.9 Å². The van der Waals surface area contributed by atoms with Gasteiger partial charge in [0.2, 0.25) is 15.9 Å². The Labute approximate surface area is 147 Å². The summed E-state index contributed by atoms with van der Waals surface area (Å²) in [4.78, 5) is 12.2. The highest BCUT2D eigenvalue weighted by Gasteiger charge is 2.28. The predicted molar refractivity (Wildman–Crippen MR) is 97.2 cm³/mol. The second-order valence-corrected chi connectivity index (χ2v) is 8.53. The van der Waals surface area contributed by atoms with E-state index in [1.165, 1.54) is 19.2 Å². The van der Waals surface area contributed by atoms with Crippen molar-refractivity contribution in [2.45, 2.75) is 43.5 Å². The lowest BCUT2D eigenvalue weighted by Crippen LogP contribution is -2.26. The number of benzene rings is 1. The summed E-state index contributed by atoms with van der Waals surface area (Å²) in [5.74, 6) is 1.53. The van der Waals surface area contributed by atoms with Crippen LogP contribution in [0.2, 0.25) is 0 Å². The Morgan fingerprint density at radius 1 is 1.38 bits per heavy atom. The standard InChI is InChI=1S/C16H24N2O4S2/c1-3-4-9-23-11-16(19)17-14-10-13(7-8-15(14)22-2)24(20,21)18-12-5-6-12/h7-8,10,12,18H,3-6,9,11H2,1-2H3,(H,17,19). The molecule has 24 heavy (non-hydrogen) atoms. The van der Waals surface area contributed by atoms with Crippen LogP contribution in [-0.2, 0) is 14.8 Å². The first kappa shape index (κ1) is 19.1. The average Bonchev–Trinajstić information content (AvgIpc) is 3.35. The van der Waals surface area contributed by atoms with E-state index < -0.39 is 10.0 Å². The van der Waals surface area contributed by atoms with Gasteiger partial charge in [-0.2, -0.15) is 11.8 Å². The molecule has 0 saturated heterocycles. The van der Waals surface area contributed by atoms with Crippen molar-refractivity contribution in [3.8, 4) is 5.75 Å². The summed E-state index contributed by atoms with van der Waals surface area (Å²) in [6.07, 6.45) is 3.90. The Morgan fingerprint density at radius 2 is 2.12 bits per heavy atom. The maximum atomic E-state index is 12.3. The van der Waals surface area contributed by atoms with Crippen molar-refractivity contribution in [1.29, 1.82) is 0 Å². The molecule has 2 N–H and O–H groups in total. The normalized spacial score (nSPS) is 14.4. The molecule has 134 valence electrons. The van der Waals surface area contributed by atoms with Crippen molar-refractivity contribution in [3.05, 3.63) is 18.2 Å². The Hall–Kier alpha value is -1.25. The molecule has 1 aliphatic carbocycles. The Bertz CT molecular complexity index is 673. The van der Waals surface area contributed by atoms with Crippen LogP contribution in [0.4, 0.5) is 5.69 Å². The van der Waals surface area contributed by atoms with E-state index in [-0.39, 0.29) is 16.8 Å². The predicted octanol–water partition coefficient (Wildman–Crippen LogP) is 2.61. The minimum absolute atomic E-state index is 0.0325. The van der Waals surface area contributed by atoms with Crippen LogP contribution in [0, 0.1) is 0 Å². The van der Waals surface area contributed by atoms with Crippen LogP contribution < -0.4 is 14.8 Å². The third-order valence-electron chi connectivity index (χ3n) is 3.53. The van der Waals surface area contributed by atoms with E-state index in [1.54, 1.807) is 17.8 Å². The van der Waals surface area contributed by atoms with Crippen LogP contribution in [-0.4, -0.2) is 39.0 Å². The van der Waals surface area contributed by atoms with Crippen molar-refractivity contribution in [2.24, 2.45) is 0 Å². The third kappa shape index (κ3) is 5.68. The van der Waals surface area contributed by atoms with Gasteiger partial charge in [-0.25, -0.2) is 13.1 Å². The van der Waals surface area contributed by atoms with Gasteiger partial charge < -0.3 is 10.1 Å². The number of sulfonamides is 1. The molecular weight excluding hydrogens is 348 g/mol. The topological polar surface area (TPSA) is 84.5 Å². The molecule has 6 nitrogen and oxygen atoms in total. The fourth-order valence-electron chi connectivity index (χ4n) is 2.04. The molecule has 0 atom stereocenters. The molecule has 0 spiro atoms. The van der Waals surface area contributed by atoms with Crippen LogP contribution >= 0.6 is 11.8 Å². The Kier molecular flexibility index (Phi) is 6.94. The van der Waals surface area contributed by atoms with E-state index >= 15 is 0 Å². The lowest BCUT2D eigenvalue weighted by atomic mass is 10.3. The summed E-state index contributed by atoms with van der Waals surface area (Å²) < 4.78 is 32.4. The first-order chi connectivity index (χ1) is 11.5. The van der Waals surface area contributed by atoms with Crippen molar-refractivity contribution in [1.82, 2.24) is 4.72 Å². The maximum Gasteiger partial charge on any atom is 0.240 e. The summed E-state index contributed by atoms with van der Waals surface area (Å²) in [6.45, 7) is 2.10. The SMILES string of the molecule is CCCCSCC(=O)Nc1cc(S(=O)(=O)NC2CC2)ccc1OC. The van der Waals surface area contributed by atoms with Crippen molar-refractivity contribution in [3.63, 3.8) is 0 Å². The highest BCUT2D eigenvalue weighted by atomic mass is 32.2. The number of nitrogens with one attached hydrogen (secondary N) is 2. The van der Waals surface area contributed by atoms with Gasteiger partial charge in [0.25, 0.3) is 0 Å². The summed E-state index contributed by atoms with van der Waals surface area (Å²) in [5.41, 5.74) is 0.372. The van der Waals surface area contributed by atoms with E-state index in [4.69, 9.17) is 4.74 Å². The summed E-state index contributed by atoms with van der Waals surface area (Å²) >= 11 is 1.56. The van der Waals surface area contributed by atoms with Crippen LogP contribution in [0.1, 0.15) is 32.6 Å². The first-order valence-electron chi connectivity index (χ1n) is 8.04. The number of methoxy groups -OCH3 is 1. The van der Waals surface area contributed by atoms with Crippen molar-refractivity contribution in [2.75, 3.05) is 23.9 Å². The first-order valence-corrected chi connectivity index (χ1v) is 10.7. The van der Waals surface area contributed by atoms with E-state index in [2.05, 4.69) is 17.0 Å². The number of anilines is 1. The quantitative estimate of drug-likeness (QED) is 0.617. The number of carbonyl (C=O) groups excluding carboxylic acids is 1. The van der Waals surface area contributed by atoms with Crippen LogP contribution in [0.3, 0.4) is 0 Å². The molecule has 2 rings (SSSR count). The van der Waals surface area contributed by atoms with E-state index in [9.17, 15) is 13.2 Å². The lowest BCUT2D eigenvalue weighted by Gasteiger charge is -2.13. The fourth-order valence-corrected chi connectivity index (χ4v) is 4.26. The lowest BCUT2D eigenvalue weighted by molar-refractivity contribution is -0.113. The van der Waals surface area contributed by atoms with Gasteiger partial charge in [0, 0.05) is 6.04 Å². The molecule has 0 bridgehead atoms. The molecule has 0 radical (unpaired) electrons. The molecule has 8 heteroatoms. The summed E-state index contributed by atoms with van der Waals surface area (Å²) in [6, 6.07) is 4.51. The minimum atomic E-state index is -3.57. The van der Waals surface area contributed by atoms with Gasteiger partial charge in [-0.1, -0.05) is 13.3 Å². The highest BCUT2D eigenvalue weighted by molar-refractivity contribution is 7.99. The number of hydrogen-bond donors (Lipinski definition) is 2. The molecule has 0 aromatic heterocycles. The number of carbonyl (C=O) groups is 1. The van der Waals surface area contributed by atoms with Gasteiger partial charge in [0.05, 0.1) is 23.4 Å². The molecule has 1 aromatic rings. The Balaban J connectivity index is 2.06. The summed E-state index contributed by atoms with van der Waals surface area (Å²) in [5, 5.41) is 2.74. The zero-order chi connectivity index (χ0) is 17.6. The number of rotatable bonds is 10. The molecule has 0 heterocycles. The Morgan fingerprint density at radius 3 is 2.75 bits per heavy atom. The second-order valence-electron chi connectivity index (χ2n) is 5.71. The third-order valence-corrected chi connectivity index (χ3v) is 6.09. The van der Waals surface area contributed by atoms with Crippen LogP contribution in [0.25, 0.3) is 0 Å². The van der Waals surface area contributed by atoms with Gasteiger partial charge in [-0.3, -0.25) is 4.79 Å². The second kappa shape index (κ2) is 8.73. The van der Waals surface area contributed by atoms with E-state index in [1.807, 2.05) is 0 Å². The van der Waals surface area contributed by atoms with Gasteiger partial charge in [0.1, 0.15) is 5.75 Å². The largest absolute Gasteiger partial charge is 0.495 e. The maximum absolute atomic E-state index is 12.3. The number of unbranched alkanes of at least 4 members (excludes halogenated alkanes) is 1. The summed E-state index contributed by atoms with van der Waals surface area (Å²) in [7, 11) is -2.08. The minimum Gasteiger partial charge on any atom is -0.495 e. The molecule has 0 aliphatic heterocycles. The highest BCUT2D eigenvalue weighted by Crippen LogP contribution is 2.29. The van der Waals surface area contributed by atoms with Crippen molar-refractivity contribution >= 4 is 33.4 Å². The molecule has 1 saturated carbocycles. The van der Waals surface area contributed by atoms with Gasteiger partial charge in [-0.15, -0.1) is 0 Å². The van der Waals surface area contributed by atoms with E-state index in [0.29, 0.717) is 17.2 Å². The molecule has 1 fully saturated rings.